The van der Waals surface area contributed by atoms with Gasteiger partial charge in [0.15, 0.2) is 0 Å². The molecule has 23 heavy (non-hydrogen) atoms. The van der Waals surface area contributed by atoms with Crippen molar-refractivity contribution in [3.63, 3.8) is 0 Å². The topological polar surface area (TPSA) is 67.8 Å². The van der Waals surface area contributed by atoms with Crippen molar-refractivity contribution in [2.24, 2.45) is 5.92 Å². The second kappa shape index (κ2) is 7.81. The molecule has 2 atom stereocenters. The number of methoxy groups -OCH3 is 1. The van der Waals surface area contributed by atoms with Gasteiger partial charge < -0.3 is 14.4 Å². The van der Waals surface area contributed by atoms with E-state index in [2.05, 4.69) is 14.9 Å². The van der Waals surface area contributed by atoms with Crippen molar-refractivity contribution in [1.82, 2.24) is 19.8 Å². The van der Waals surface area contributed by atoms with Gasteiger partial charge in [0.25, 0.3) is 5.91 Å². The van der Waals surface area contributed by atoms with E-state index in [9.17, 15) is 4.79 Å². The van der Waals surface area contributed by atoms with Crippen molar-refractivity contribution in [2.45, 2.75) is 12.5 Å². The average Bonchev–Trinajstić information content (AvgIpc) is 2.81. The van der Waals surface area contributed by atoms with Crippen LogP contribution in [0.1, 0.15) is 16.9 Å². The molecule has 1 aromatic rings. The largest absolute Gasteiger partial charge is 0.383 e. The number of likely N-dealkylation sites (tertiary alicyclic amines) is 1. The maximum absolute atomic E-state index is 12.6. The number of carbonyl (C=O) groups excluding carboxylic acids is 1. The molecule has 0 bridgehead atoms. The standard InChI is InChI=1S/C16H24N4O3/c1-22-8-6-19-7-9-23-12-13-2-5-20(11-15(13)19)16(21)14-10-17-3-4-18-14/h3-4,10,13,15H,2,5-9,11-12H2,1H3/t13-,15-/m1/s1. The van der Waals surface area contributed by atoms with E-state index in [1.54, 1.807) is 19.5 Å². The zero-order valence-electron chi connectivity index (χ0n) is 13.6. The van der Waals surface area contributed by atoms with Crippen LogP contribution in [0.4, 0.5) is 0 Å². The van der Waals surface area contributed by atoms with Crippen LogP contribution in [0.5, 0.6) is 0 Å². The monoisotopic (exact) mass is 320 g/mol. The quantitative estimate of drug-likeness (QED) is 0.794. The van der Waals surface area contributed by atoms with Crippen LogP contribution >= 0.6 is 0 Å². The molecule has 1 aromatic heterocycles. The highest BCUT2D eigenvalue weighted by Gasteiger charge is 2.37. The highest BCUT2D eigenvalue weighted by atomic mass is 16.5. The molecule has 0 radical (unpaired) electrons. The number of rotatable bonds is 4. The van der Waals surface area contributed by atoms with Gasteiger partial charge in [-0.25, -0.2) is 4.98 Å². The summed E-state index contributed by atoms with van der Waals surface area (Å²) >= 11 is 0. The molecule has 2 fully saturated rings. The van der Waals surface area contributed by atoms with Gasteiger partial charge in [-0.1, -0.05) is 0 Å². The number of aromatic nitrogens is 2. The van der Waals surface area contributed by atoms with Gasteiger partial charge in [0.1, 0.15) is 5.69 Å². The summed E-state index contributed by atoms with van der Waals surface area (Å²) in [7, 11) is 1.72. The first-order valence-corrected chi connectivity index (χ1v) is 8.15. The Labute approximate surface area is 136 Å². The summed E-state index contributed by atoms with van der Waals surface area (Å²) in [6.45, 7) is 5.44. The number of amides is 1. The number of hydrogen-bond acceptors (Lipinski definition) is 6. The smallest absolute Gasteiger partial charge is 0.274 e. The maximum Gasteiger partial charge on any atom is 0.274 e. The summed E-state index contributed by atoms with van der Waals surface area (Å²) in [6.07, 6.45) is 5.63. The van der Waals surface area contributed by atoms with E-state index < -0.39 is 0 Å². The Morgan fingerprint density at radius 2 is 2.35 bits per heavy atom. The molecule has 3 heterocycles. The van der Waals surface area contributed by atoms with Gasteiger partial charge in [-0.05, 0) is 6.42 Å². The van der Waals surface area contributed by atoms with E-state index in [0.717, 1.165) is 39.3 Å². The number of carbonyl (C=O) groups is 1. The molecule has 2 saturated heterocycles. The Kier molecular flexibility index (Phi) is 5.53. The first-order valence-electron chi connectivity index (χ1n) is 8.15. The molecule has 0 unspecified atom stereocenters. The fourth-order valence-electron chi connectivity index (χ4n) is 3.41. The van der Waals surface area contributed by atoms with Gasteiger partial charge in [-0.2, -0.15) is 0 Å². The third-order valence-electron chi connectivity index (χ3n) is 4.70. The summed E-state index contributed by atoms with van der Waals surface area (Å²) in [5.74, 6) is 0.439. The maximum atomic E-state index is 12.6. The third-order valence-corrected chi connectivity index (χ3v) is 4.70. The van der Waals surface area contributed by atoms with E-state index >= 15 is 0 Å². The van der Waals surface area contributed by atoms with Gasteiger partial charge in [0.2, 0.25) is 0 Å². The number of nitrogens with zero attached hydrogens (tertiary/aromatic N) is 4. The fraction of sp³-hybridized carbons (Fsp3) is 0.688. The highest BCUT2D eigenvalue weighted by Crippen LogP contribution is 2.25. The lowest BCUT2D eigenvalue weighted by Gasteiger charge is -2.42. The molecule has 0 N–H and O–H groups in total. The molecule has 3 rings (SSSR count). The normalized spacial score (nSPS) is 25.7. The summed E-state index contributed by atoms with van der Waals surface area (Å²) in [5, 5.41) is 0. The predicted octanol–water partition coefficient (Wildman–Crippen LogP) is 0.286. The van der Waals surface area contributed by atoms with E-state index in [1.807, 2.05) is 4.90 Å². The molecule has 0 spiro atoms. The Hall–Kier alpha value is -1.57. The van der Waals surface area contributed by atoms with Crippen LogP contribution < -0.4 is 0 Å². The van der Waals surface area contributed by atoms with Crippen LogP contribution in [0.3, 0.4) is 0 Å². The minimum atomic E-state index is -0.0339. The van der Waals surface area contributed by atoms with Crippen molar-refractivity contribution in [1.29, 1.82) is 0 Å². The molecule has 2 aliphatic heterocycles. The summed E-state index contributed by atoms with van der Waals surface area (Å²) in [5.41, 5.74) is 0.416. The SMILES string of the molecule is COCCN1CCOC[C@H]2CCN(C(=O)c3cnccn3)C[C@H]21. The molecule has 0 saturated carbocycles. The van der Waals surface area contributed by atoms with Crippen molar-refractivity contribution >= 4 is 5.91 Å². The minimum absolute atomic E-state index is 0.0339. The number of piperidine rings is 1. The molecule has 0 aliphatic carbocycles. The summed E-state index contributed by atoms with van der Waals surface area (Å²) in [6, 6.07) is 0.321. The summed E-state index contributed by atoms with van der Waals surface area (Å²) < 4.78 is 11.0. The highest BCUT2D eigenvalue weighted by molar-refractivity contribution is 5.92. The molecule has 126 valence electrons. The third kappa shape index (κ3) is 3.85. The van der Waals surface area contributed by atoms with Gasteiger partial charge in [-0.3, -0.25) is 14.7 Å². The minimum Gasteiger partial charge on any atom is -0.383 e. The van der Waals surface area contributed by atoms with Crippen molar-refractivity contribution < 1.29 is 14.3 Å². The number of ether oxygens (including phenoxy) is 2. The molecular weight excluding hydrogens is 296 g/mol. The van der Waals surface area contributed by atoms with Crippen molar-refractivity contribution in [3.05, 3.63) is 24.3 Å². The van der Waals surface area contributed by atoms with Crippen LogP contribution in [0, 0.1) is 5.92 Å². The van der Waals surface area contributed by atoms with Gasteiger partial charge in [-0.15, -0.1) is 0 Å². The van der Waals surface area contributed by atoms with Crippen molar-refractivity contribution in [3.8, 4) is 0 Å². The molecule has 1 amide bonds. The van der Waals surface area contributed by atoms with E-state index in [0.29, 0.717) is 30.8 Å². The Morgan fingerprint density at radius 1 is 1.43 bits per heavy atom. The lowest BCUT2D eigenvalue weighted by atomic mass is 9.91. The Morgan fingerprint density at radius 3 is 3.13 bits per heavy atom. The van der Waals surface area contributed by atoms with Crippen LogP contribution in [0.25, 0.3) is 0 Å². The Bertz CT molecular complexity index is 513. The van der Waals surface area contributed by atoms with Crippen LogP contribution in [-0.2, 0) is 9.47 Å². The first kappa shape index (κ1) is 16.3. The molecule has 2 aliphatic rings. The van der Waals surface area contributed by atoms with Crippen LogP contribution in [0.15, 0.2) is 18.6 Å². The van der Waals surface area contributed by atoms with Crippen molar-refractivity contribution in [2.75, 3.05) is 53.1 Å². The number of fused-ring (bicyclic) bond motifs is 1. The van der Waals surface area contributed by atoms with E-state index in [1.165, 1.54) is 6.20 Å². The summed E-state index contributed by atoms with van der Waals surface area (Å²) in [4.78, 5) is 25.1. The fourth-order valence-corrected chi connectivity index (χ4v) is 3.41. The molecular formula is C16H24N4O3. The van der Waals surface area contributed by atoms with Crippen LogP contribution in [0.2, 0.25) is 0 Å². The van der Waals surface area contributed by atoms with Gasteiger partial charge >= 0.3 is 0 Å². The predicted molar refractivity (Wildman–Crippen MR) is 84.1 cm³/mol. The first-order chi connectivity index (χ1) is 11.3. The second-order valence-corrected chi connectivity index (χ2v) is 6.06. The lowest BCUT2D eigenvalue weighted by molar-refractivity contribution is 0.0324. The van der Waals surface area contributed by atoms with Gasteiger partial charge in [0, 0.05) is 57.6 Å². The molecule has 7 heteroatoms. The average molecular weight is 320 g/mol. The van der Waals surface area contributed by atoms with E-state index in [4.69, 9.17) is 9.47 Å². The lowest BCUT2D eigenvalue weighted by Crippen LogP contribution is -2.55. The number of hydrogen-bond donors (Lipinski definition) is 0. The second-order valence-electron chi connectivity index (χ2n) is 6.06. The Balaban J connectivity index is 1.70. The zero-order chi connectivity index (χ0) is 16.1. The molecule has 0 aromatic carbocycles. The zero-order valence-corrected chi connectivity index (χ0v) is 13.6. The molecule has 7 nitrogen and oxygen atoms in total. The van der Waals surface area contributed by atoms with Crippen LogP contribution in [-0.4, -0.2) is 84.8 Å². The van der Waals surface area contributed by atoms with E-state index in [-0.39, 0.29) is 5.91 Å². The van der Waals surface area contributed by atoms with Gasteiger partial charge in [0.05, 0.1) is 26.0 Å².